The van der Waals surface area contributed by atoms with Crippen molar-refractivity contribution < 1.29 is 18.1 Å². The molecule has 8 nitrogen and oxygen atoms in total. The highest BCUT2D eigenvalue weighted by molar-refractivity contribution is 6.36. The lowest BCUT2D eigenvalue weighted by Crippen LogP contribution is -2.43. The Balaban J connectivity index is 1.35. The van der Waals surface area contributed by atoms with Gasteiger partial charge < -0.3 is 9.64 Å². The van der Waals surface area contributed by atoms with Gasteiger partial charge in [0.2, 0.25) is 0 Å². The van der Waals surface area contributed by atoms with E-state index in [0.29, 0.717) is 47.2 Å². The summed E-state index contributed by atoms with van der Waals surface area (Å²) >= 11 is 6.38. The molecule has 220 valence electrons. The summed E-state index contributed by atoms with van der Waals surface area (Å²) in [6.45, 7) is 3.86. The number of benzene rings is 2. The monoisotopic (exact) mass is 602 g/mol. The molecular formula is C32H31ClF2N7O+. The molecule has 1 atom stereocenters. The summed E-state index contributed by atoms with van der Waals surface area (Å²) in [4.78, 5) is 18.1. The zero-order valence-corrected chi connectivity index (χ0v) is 24.6. The number of ether oxygens (including phenoxy) is 1. The number of hydrogen-bond donors (Lipinski definition) is 0. The summed E-state index contributed by atoms with van der Waals surface area (Å²) in [6.07, 6.45) is 11.0. The third-order valence-corrected chi connectivity index (χ3v) is 9.62. The van der Waals surface area contributed by atoms with Crippen LogP contribution in [-0.4, -0.2) is 80.9 Å². The van der Waals surface area contributed by atoms with E-state index in [0.717, 1.165) is 45.2 Å². The van der Waals surface area contributed by atoms with Gasteiger partial charge in [-0.3, -0.25) is 9.88 Å². The molecule has 1 unspecified atom stereocenters. The molecule has 5 heterocycles. The summed E-state index contributed by atoms with van der Waals surface area (Å²) in [6, 6.07) is 8.24. The highest BCUT2D eigenvalue weighted by Crippen LogP contribution is 2.40. The van der Waals surface area contributed by atoms with Crippen molar-refractivity contribution in [1.29, 1.82) is 5.26 Å². The molecule has 3 aliphatic rings. The Kier molecular flexibility index (Phi) is 7.10. The van der Waals surface area contributed by atoms with Crippen LogP contribution < -0.4 is 4.74 Å². The standard InChI is InChI=1S/C32H31ClF2N7O/c1-40(16-20-9-14-41(17-20)19-36)30-23-15-37-28(22-6-2-5-21-7-8-24(34)26(33)25(21)22)27(35)29(23)38-31(39-30)43-18-32-10-3-12-42(32)13-4-11-32/h2,5-8,15-16,20H,3-4,9-14,17-18H2,1H3/q+1. The number of fused-ring (bicyclic) bond motifs is 3. The lowest BCUT2D eigenvalue weighted by atomic mass is 9.95. The number of likely N-dealkylation sites (tertiary alicyclic amines) is 1. The largest absolute Gasteiger partial charge is 0.443 e. The van der Waals surface area contributed by atoms with Crippen LogP contribution in [0.1, 0.15) is 32.1 Å². The molecule has 4 aromatic rings. The molecular weight excluding hydrogens is 572 g/mol. The van der Waals surface area contributed by atoms with Gasteiger partial charge in [-0.05, 0) is 56.6 Å². The van der Waals surface area contributed by atoms with Gasteiger partial charge in [0.15, 0.2) is 12.0 Å². The number of rotatable bonds is 6. The Labute approximate surface area is 253 Å². The predicted octanol–water partition coefficient (Wildman–Crippen LogP) is 5.93. The smallest absolute Gasteiger partial charge is 0.434 e. The van der Waals surface area contributed by atoms with E-state index in [4.69, 9.17) is 21.3 Å². The van der Waals surface area contributed by atoms with Gasteiger partial charge in [-0.1, -0.05) is 35.9 Å². The number of aromatic nitrogens is 3. The first-order chi connectivity index (χ1) is 20.9. The normalized spacial score (nSPS) is 20.2. The lowest BCUT2D eigenvalue weighted by molar-refractivity contribution is -0.405. The topological polar surface area (TPSA) is 81.2 Å². The minimum atomic E-state index is -0.662. The number of pyridine rings is 1. The molecule has 0 N–H and O–H groups in total. The second kappa shape index (κ2) is 11.0. The second-order valence-corrected chi connectivity index (χ2v) is 12.2. The molecule has 0 amide bonds. The third-order valence-electron chi connectivity index (χ3n) is 9.25. The van der Waals surface area contributed by atoms with Crippen LogP contribution in [0.2, 0.25) is 5.02 Å². The van der Waals surface area contributed by atoms with Crippen molar-refractivity contribution >= 4 is 45.3 Å². The first-order valence-electron chi connectivity index (χ1n) is 14.7. The molecule has 3 fully saturated rings. The molecule has 0 bridgehead atoms. The number of halogens is 3. The van der Waals surface area contributed by atoms with E-state index in [1.165, 1.54) is 6.07 Å². The fraction of sp³-hybridized carbons (Fsp3) is 0.406. The highest BCUT2D eigenvalue weighted by Gasteiger charge is 2.45. The van der Waals surface area contributed by atoms with Crippen LogP contribution >= 0.6 is 11.6 Å². The van der Waals surface area contributed by atoms with E-state index < -0.39 is 11.6 Å². The van der Waals surface area contributed by atoms with E-state index in [2.05, 4.69) is 21.1 Å². The van der Waals surface area contributed by atoms with Crippen LogP contribution in [0.5, 0.6) is 6.01 Å². The van der Waals surface area contributed by atoms with Crippen LogP contribution in [0.15, 0.2) is 36.5 Å². The molecule has 2 aromatic carbocycles. The lowest BCUT2D eigenvalue weighted by Gasteiger charge is -2.30. The summed E-state index contributed by atoms with van der Waals surface area (Å²) in [5.74, 6) is -0.657. The molecule has 3 saturated heterocycles. The van der Waals surface area contributed by atoms with E-state index in [-0.39, 0.29) is 33.7 Å². The minimum absolute atomic E-state index is 0.0182. The Bertz CT molecular complexity index is 1810. The Morgan fingerprint density at radius 3 is 2.74 bits per heavy atom. The number of nitrogens with zero attached hydrogens (tertiary/aromatic N) is 7. The summed E-state index contributed by atoms with van der Waals surface area (Å²) in [7, 11) is 1.86. The van der Waals surface area contributed by atoms with E-state index >= 15 is 4.39 Å². The fourth-order valence-corrected chi connectivity index (χ4v) is 7.37. The molecule has 2 aromatic heterocycles. The quantitative estimate of drug-likeness (QED) is 0.154. The Hall–Kier alpha value is -3.94. The fourth-order valence-electron chi connectivity index (χ4n) is 7.10. The van der Waals surface area contributed by atoms with Crippen molar-refractivity contribution in [2.45, 2.75) is 37.6 Å². The molecule has 43 heavy (non-hydrogen) atoms. The number of hydrogen-bond acceptors (Lipinski definition) is 7. The van der Waals surface area contributed by atoms with Gasteiger partial charge >= 0.3 is 11.8 Å². The Morgan fingerprint density at radius 1 is 1.16 bits per heavy atom. The van der Waals surface area contributed by atoms with Crippen LogP contribution in [0, 0.1) is 29.0 Å². The van der Waals surface area contributed by atoms with Gasteiger partial charge in [0.25, 0.3) is 0 Å². The predicted molar refractivity (Wildman–Crippen MR) is 161 cm³/mol. The molecule has 0 radical (unpaired) electrons. The van der Waals surface area contributed by atoms with Crippen molar-refractivity contribution in [2.24, 2.45) is 5.92 Å². The minimum Gasteiger partial charge on any atom is -0.443 e. The molecule has 0 saturated carbocycles. The Morgan fingerprint density at radius 2 is 1.98 bits per heavy atom. The third kappa shape index (κ3) is 4.85. The maximum Gasteiger partial charge on any atom is 0.434 e. The van der Waals surface area contributed by atoms with Gasteiger partial charge in [0.1, 0.15) is 29.0 Å². The maximum absolute atomic E-state index is 16.6. The van der Waals surface area contributed by atoms with Crippen LogP contribution in [0.25, 0.3) is 32.9 Å². The molecule has 3 aliphatic heterocycles. The second-order valence-electron chi connectivity index (χ2n) is 11.8. The average molecular weight is 603 g/mol. The van der Waals surface area contributed by atoms with Crippen molar-refractivity contribution in [3.8, 4) is 23.5 Å². The SMILES string of the molecule is C[N+](=CC1CCN(C#N)C1)c1nc(OCC23CCCN2CCC3)nc2c(F)c(-c3cccc4ccc(F)c(Cl)c34)ncc12. The van der Waals surface area contributed by atoms with Gasteiger partial charge in [-0.2, -0.15) is 10.2 Å². The van der Waals surface area contributed by atoms with Crippen molar-refractivity contribution in [3.05, 3.63) is 53.2 Å². The maximum atomic E-state index is 16.6. The van der Waals surface area contributed by atoms with Crippen LogP contribution in [0.3, 0.4) is 0 Å². The van der Waals surface area contributed by atoms with E-state index in [1.54, 1.807) is 35.4 Å². The molecule has 0 aliphatic carbocycles. The van der Waals surface area contributed by atoms with E-state index in [9.17, 15) is 9.65 Å². The van der Waals surface area contributed by atoms with Gasteiger partial charge in [-0.15, -0.1) is 0 Å². The first-order valence-corrected chi connectivity index (χ1v) is 15.1. The van der Waals surface area contributed by atoms with Crippen LogP contribution in [-0.2, 0) is 0 Å². The summed E-state index contributed by atoms with van der Waals surface area (Å²) in [5.41, 5.74) is 0.418. The van der Waals surface area contributed by atoms with Crippen molar-refractivity contribution in [2.75, 3.05) is 39.8 Å². The van der Waals surface area contributed by atoms with Crippen LogP contribution in [0.4, 0.5) is 14.6 Å². The van der Waals surface area contributed by atoms with E-state index in [1.807, 2.05) is 17.8 Å². The molecule has 7 rings (SSSR count). The van der Waals surface area contributed by atoms with Crippen molar-refractivity contribution in [1.82, 2.24) is 24.8 Å². The van der Waals surface area contributed by atoms with Gasteiger partial charge in [-0.25, -0.2) is 13.4 Å². The van der Waals surface area contributed by atoms with Gasteiger partial charge in [0.05, 0.1) is 23.8 Å². The summed E-state index contributed by atoms with van der Waals surface area (Å²) < 4.78 is 39.2. The zero-order valence-electron chi connectivity index (χ0n) is 23.9. The molecule has 11 heteroatoms. The highest BCUT2D eigenvalue weighted by atomic mass is 35.5. The van der Waals surface area contributed by atoms with Crippen molar-refractivity contribution in [3.63, 3.8) is 0 Å². The molecule has 0 spiro atoms. The number of nitriles is 1. The van der Waals surface area contributed by atoms with Gasteiger partial charge in [0, 0.05) is 41.1 Å². The average Bonchev–Trinajstić information content (AvgIpc) is 3.74. The summed E-state index contributed by atoms with van der Waals surface area (Å²) in [5, 5.41) is 10.7. The first kappa shape index (κ1) is 27.9. The zero-order chi connectivity index (χ0) is 29.7.